The van der Waals surface area contributed by atoms with Crippen LogP contribution in [-0.4, -0.2) is 20.4 Å². The van der Waals surface area contributed by atoms with Gasteiger partial charge in [-0.3, -0.25) is 5.41 Å². The van der Waals surface area contributed by atoms with Gasteiger partial charge >= 0.3 is 0 Å². The fraction of sp³-hybridized carbons (Fsp3) is 0.300. The van der Waals surface area contributed by atoms with E-state index in [-0.39, 0.29) is 11.7 Å². The van der Waals surface area contributed by atoms with Crippen molar-refractivity contribution in [2.24, 2.45) is 5.73 Å². The molecule has 2 heterocycles. The van der Waals surface area contributed by atoms with Crippen LogP contribution in [0.15, 0.2) is 6.07 Å². The zero-order chi connectivity index (χ0) is 11.9. The Balaban J connectivity index is 2.88. The van der Waals surface area contributed by atoms with E-state index in [1.807, 2.05) is 19.9 Å². The van der Waals surface area contributed by atoms with Gasteiger partial charge in [-0.25, -0.2) is 9.50 Å². The van der Waals surface area contributed by atoms with Crippen LogP contribution in [0.3, 0.4) is 0 Å². The number of alkyl halides is 1. The first kappa shape index (κ1) is 10.9. The molecule has 0 atom stereocenters. The van der Waals surface area contributed by atoms with Gasteiger partial charge in [0.15, 0.2) is 11.5 Å². The summed E-state index contributed by atoms with van der Waals surface area (Å²) in [6.45, 7) is 3.83. The summed E-state index contributed by atoms with van der Waals surface area (Å²) in [6, 6.07) is 1.93. The highest BCUT2D eigenvalue weighted by Gasteiger charge is 2.14. The standard InChI is InChI=1S/C10H12ClN5/c1-5-3-6(2)16-10(8(5)9(12)13)14-7(4-11)15-16/h3H,4H2,1-2H3,(H3,12,13). The van der Waals surface area contributed by atoms with E-state index in [2.05, 4.69) is 10.1 Å². The first-order valence-electron chi connectivity index (χ1n) is 4.80. The molecule has 0 unspecified atom stereocenters. The van der Waals surface area contributed by atoms with Crippen molar-refractivity contribution >= 4 is 23.1 Å². The molecule has 2 aromatic heterocycles. The van der Waals surface area contributed by atoms with Gasteiger partial charge in [0.25, 0.3) is 0 Å². The van der Waals surface area contributed by atoms with E-state index < -0.39 is 0 Å². The molecule has 3 N–H and O–H groups in total. The molecule has 0 aliphatic heterocycles. The third kappa shape index (κ3) is 1.53. The molecule has 16 heavy (non-hydrogen) atoms. The largest absolute Gasteiger partial charge is 0.384 e. The normalized spacial score (nSPS) is 10.9. The molecule has 0 fully saturated rings. The summed E-state index contributed by atoms with van der Waals surface area (Å²) in [6.07, 6.45) is 0. The van der Waals surface area contributed by atoms with Gasteiger partial charge in [0.05, 0.1) is 11.4 Å². The number of nitrogens with one attached hydrogen (secondary N) is 1. The summed E-state index contributed by atoms with van der Waals surface area (Å²) in [5, 5.41) is 11.8. The first-order chi connectivity index (χ1) is 7.54. The lowest BCUT2D eigenvalue weighted by Gasteiger charge is -2.07. The molecule has 0 saturated heterocycles. The Kier molecular flexibility index (Phi) is 2.55. The minimum Gasteiger partial charge on any atom is -0.384 e. The van der Waals surface area contributed by atoms with Crippen LogP contribution < -0.4 is 5.73 Å². The van der Waals surface area contributed by atoms with Crippen LogP contribution >= 0.6 is 11.6 Å². The van der Waals surface area contributed by atoms with Crippen molar-refractivity contribution in [3.05, 3.63) is 28.7 Å². The predicted molar refractivity (Wildman–Crippen MR) is 63.0 cm³/mol. The molecule has 0 aliphatic carbocycles. The van der Waals surface area contributed by atoms with E-state index >= 15 is 0 Å². The summed E-state index contributed by atoms with van der Waals surface area (Å²) >= 11 is 5.70. The molecule has 2 rings (SSSR count). The number of halogens is 1. The third-order valence-electron chi connectivity index (χ3n) is 2.42. The molecule has 0 spiro atoms. The molecule has 0 aliphatic rings. The summed E-state index contributed by atoms with van der Waals surface area (Å²) in [4.78, 5) is 4.27. The fourth-order valence-corrected chi connectivity index (χ4v) is 1.89. The quantitative estimate of drug-likeness (QED) is 0.470. The van der Waals surface area contributed by atoms with E-state index in [0.29, 0.717) is 17.0 Å². The zero-order valence-electron chi connectivity index (χ0n) is 9.08. The van der Waals surface area contributed by atoms with Crippen molar-refractivity contribution in [3.8, 4) is 0 Å². The highest BCUT2D eigenvalue weighted by molar-refractivity contribution is 6.16. The predicted octanol–water partition coefficient (Wildman–Crippen LogP) is 1.37. The topological polar surface area (TPSA) is 80.1 Å². The zero-order valence-corrected chi connectivity index (χ0v) is 9.84. The van der Waals surface area contributed by atoms with Crippen LogP contribution in [0, 0.1) is 19.3 Å². The summed E-state index contributed by atoms with van der Waals surface area (Å²) in [5.41, 5.74) is 8.64. The minimum absolute atomic E-state index is 0.00368. The summed E-state index contributed by atoms with van der Waals surface area (Å²) in [7, 11) is 0. The van der Waals surface area contributed by atoms with Crippen LogP contribution in [0.2, 0.25) is 0 Å². The van der Waals surface area contributed by atoms with Crippen molar-refractivity contribution in [1.29, 1.82) is 5.41 Å². The Morgan fingerprint density at radius 1 is 1.56 bits per heavy atom. The highest BCUT2D eigenvalue weighted by Crippen LogP contribution is 2.16. The maximum atomic E-state index is 7.56. The molecule has 6 heteroatoms. The van der Waals surface area contributed by atoms with Gasteiger partial charge in [-0.2, -0.15) is 0 Å². The molecule has 2 aromatic rings. The molecular formula is C10H12ClN5. The van der Waals surface area contributed by atoms with Crippen molar-refractivity contribution in [2.45, 2.75) is 19.7 Å². The molecule has 0 bridgehead atoms. The molecule has 0 aromatic carbocycles. The van der Waals surface area contributed by atoms with Crippen LogP contribution in [0.25, 0.3) is 5.65 Å². The van der Waals surface area contributed by atoms with Gasteiger partial charge in [-0.1, -0.05) is 0 Å². The van der Waals surface area contributed by atoms with Gasteiger partial charge in [0, 0.05) is 5.69 Å². The lowest BCUT2D eigenvalue weighted by atomic mass is 10.1. The number of nitrogens with zero attached hydrogens (tertiary/aromatic N) is 3. The summed E-state index contributed by atoms with van der Waals surface area (Å²) < 4.78 is 1.67. The molecule has 0 radical (unpaired) electrons. The second-order valence-corrected chi connectivity index (χ2v) is 3.92. The Bertz CT molecular complexity index is 572. The van der Waals surface area contributed by atoms with Gasteiger partial charge in [0.1, 0.15) is 5.84 Å². The van der Waals surface area contributed by atoms with E-state index in [1.165, 1.54) is 0 Å². The van der Waals surface area contributed by atoms with Crippen molar-refractivity contribution in [3.63, 3.8) is 0 Å². The number of nitrogens with two attached hydrogens (primary N) is 1. The molecule has 0 amide bonds. The van der Waals surface area contributed by atoms with Gasteiger partial charge in [0.2, 0.25) is 0 Å². The van der Waals surface area contributed by atoms with E-state index in [1.54, 1.807) is 4.52 Å². The number of amidine groups is 1. The second kappa shape index (κ2) is 3.75. The maximum Gasteiger partial charge on any atom is 0.167 e. The summed E-state index contributed by atoms with van der Waals surface area (Å²) in [5.74, 6) is 0.784. The monoisotopic (exact) mass is 237 g/mol. The molecule has 0 saturated carbocycles. The number of hydrogen-bond donors (Lipinski definition) is 2. The molecular weight excluding hydrogens is 226 g/mol. The number of nitrogen functional groups attached to an aromatic ring is 1. The van der Waals surface area contributed by atoms with Crippen LogP contribution in [0.1, 0.15) is 22.6 Å². The SMILES string of the molecule is Cc1cc(C)n2nc(CCl)nc2c1C(=N)N. The maximum absolute atomic E-state index is 7.56. The van der Waals surface area contributed by atoms with Gasteiger partial charge < -0.3 is 5.73 Å². The molecule has 84 valence electrons. The lowest BCUT2D eigenvalue weighted by molar-refractivity contribution is 0.883. The minimum atomic E-state index is -0.00368. The van der Waals surface area contributed by atoms with Crippen molar-refractivity contribution in [1.82, 2.24) is 14.6 Å². The number of rotatable bonds is 2. The van der Waals surface area contributed by atoms with E-state index in [4.69, 9.17) is 22.7 Å². The third-order valence-corrected chi connectivity index (χ3v) is 2.66. The lowest BCUT2D eigenvalue weighted by Crippen LogP contribution is -2.15. The van der Waals surface area contributed by atoms with Crippen molar-refractivity contribution in [2.75, 3.05) is 0 Å². The Hall–Kier alpha value is -1.62. The number of hydrogen-bond acceptors (Lipinski definition) is 3. The average Bonchev–Trinajstić information content (AvgIpc) is 2.61. The smallest absolute Gasteiger partial charge is 0.167 e. The average molecular weight is 238 g/mol. The van der Waals surface area contributed by atoms with E-state index in [9.17, 15) is 0 Å². The number of pyridine rings is 1. The number of aromatic nitrogens is 3. The Labute approximate surface area is 97.7 Å². The second-order valence-electron chi connectivity index (χ2n) is 3.65. The Morgan fingerprint density at radius 3 is 2.81 bits per heavy atom. The van der Waals surface area contributed by atoms with Crippen LogP contribution in [0.5, 0.6) is 0 Å². The fourth-order valence-electron chi connectivity index (χ4n) is 1.77. The van der Waals surface area contributed by atoms with Crippen LogP contribution in [-0.2, 0) is 5.88 Å². The van der Waals surface area contributed by atoms with Crippen molar-refractivity contribution < 1.29 is 0 Å². The number of aryl methyl sites for hydroxylation is 2. The first-order valence-corrected chi connectivity index (χ1v) is 5.34. The van der Waals surface area contributed by atoms with Gasteiger partial charge in [-0.05, 0) is 25.5 Å². The van der Waals surface area contributed by atoms with E-state index in [0.717, 1.165) is 11.3 Å². The Morgan fingerprint density at radius 2 is 2.25 bits per heavy atom. The number of fused-ring (bicyclic) bond motifs is 1. The van der Waals surface area contributed by atoms with Crippen LogP contribution in [0.4, 0.5) is 0 Å². The highest BCUT2D eigenvalue weighted by atomic mass is 35.5. The molecule has 5 nitrogen and oxygen atoms in total. The van der Waals surface area contributed by atoms with Gasteiger partial charge in [-0.15, -0.1) is 16.7 Å².